The van der Waals surface area contributed by atoms with E-state index in [9.17, 15) is 9.18 Å². The van der Waals surface area contributed by atoms with Crippen LogP contribution in [0.15, 0.2) is 22.7 Å². The van der Waals surface area contributed by atoms with Crippen LogP contribution < -0.4 is 0 Å². The number of ether oxygens (including phenoxy) is 1. The first-order valence-corrected chi connectivity index (χ1v) is 5.91. The number of benzene rings is 1. The first-order valence-electron chi connectivity index (χ1n) is 5.53. The van der Waals surface area contributed by atoms with Crippen molar-refractivity contribution in [3.05, 3.63) is 34.9 Å². The Morgan fingerprint density at radius 3 is 3.00 bits per heavy atom. The number of hydrogen-bond acceptors (Lipinski definition) is 5. The molecular weight excluding hydrogens is 275 g/mol. The Morgan fingerprint density at radius 2 is 2.32 bits per heavy atom. The Hall–Kier alpha value is -1.95. The van der Waals surface area contributed by atoms with E-state index >= 15 is 0 Å². The van der Waals surface area contributed by atoms with E-state index in [2.05, 4.69) is 10.1 Å². The predicted molar refractivity (Wildman–Crippen MR) is 65.0 cm³/mol. The highest BCUT2D eigenvalue weighted by molar-refractivity contribution is 6.33. The predicted octanol–water partition coefficient (Wildman–Crippen LogP) is 2.63. The molecule has 0 unspecified atom stereocenters. The molecule has 1 aromatic heterocycles. The minimum atomic E-state index is -0.456. The van der Waals surface area contributed by atoms with Crippen molar-refractivity contribution in [2.24, 2.45) is 0 Å². The molecule has 7 heteroatoms. The van der Waals surface area contributed by atoms with E-state index in [1.54, 1.807) is 6.92 Å². The van der Waals surface area contributed by atoms with Crippen molar-refractivity contribution >= 4 is 17.6 Å². The second-order valence-corrected chi connectivity index (χ2v) is 4.02. The summed E-state index contributed by atoms with van der Waals surface area (Å²) in [7, 11) is 0. The van der Waals surface area contributed by atoms with Crippen molar-refractivity contribution in [2.75, 3.05) is 6.61 Å². The molecule has 0 N–H and O–H groups in total. The van der Waals surface area contributed by atoms with Gasteiger partial charge in [-0.1, -0.05) is 16.8 Å². The zero-order valence-corrected chi connectivity index (χ0v) is 10.8. The van der Waals surface area contributed by atoms with E-state index in [1.807, 2.05) is 0 Å². The van der Waals surface area contributed by atoms with Gasteiger partial charge in [0.1, 0.15) is 12.2 Å². The van der Waals surface area contributed by atoms with Crippen LogP contribution in [-0.4, -0.2) is 22.7 Å². The third kappa shape index (κ3) is 3.29. The van der Waals surface area contributed by atoms with Gasteiger partial charge in [0.15, 0.2) is 0 Å². The van der Waals surface area contributed by atoms with Crippen molar-refractivity contribution in [3.8, 4) is 11.4 Å². The topological polar surface area (TPSA) is 65.2 Å². The minimum Gasteiger partial charge on any atom is -0.466 e. The maximum Gasteiger partial charge on any atom is 0.315 e. The molecule has 0 fully saturated rings. The lowest BCUT2D eigenvalue weighted by molar-refractivity contribution is -0.142. The van der Waals surface area contributed by atoms with Crippen molar-refractivity contribution in [1.29, 1.82) is 0 Å². The molecule has 2 aromatic rings. The van der Waals surface area contributed by atoms with Crippen LogP contribution in [0.3, 0.4) is 0 Å². The highest BCUT2D eigenvalue weighted by Crippen LogP contribution is 2.26. The highest BCUT2D eigenvalue weighted by Gasteiger charge is 2.15. The van der Waals surface area contributed by atoms with Crippen molar-refractivity contribution in [3.63, 3.8) is 0 Å². The third-order valence-electron chi connectivity index (χ3n) is 2.24. The Bertz CT molecular complexity index is 600. The van der Waals surface area contributed by atoms with E-state index in [0.29, 0.717) is 5.56 Å². The molecule has 2 rings (SSSR count). The Morgan fingerprint density at radius 1 is 1.53 bits per heavy atom. The summed E-state index contributed by atoms with van der Waals surface area (Å²) >= 11 is 5.88. The van der Waals surface area contributed by atoms with Crippen LogP contribution in [0, 0.1) is 5.82 Å². The summed E-state index contributed by atoms with van der Waals surface area (Å²) < 4.78 is 22.6. The number of esters is 1. The third-order valence-corrected chi connectivity index (χ3v) is 2.55. The van der Waals surface area contributed by atoms with Crippen LogP contribution in [0.5, 0.6) is 0 Å². The minimum absolute atomic E-state index is 0.111. The largest absolute Gasteiger partial charge is 0.466 e. The van der Waals surface area contributed by atoms with Gasteiger partial charge in [-0.15, -0.1) is 0 Å². The molecule has 0 aliphatic rings. The summed E-state index contributed by atoms with van der Waals surface area (Å²) in [4.78, 5) is 15.3. The maximum absolute atomic E-state index is 12.9. The van der Waals surface area contributed by atoms with E-state index in [4.69, 9.17) is 20.9 Å². The lowest BCUT2D eigenvalue weighted by atomic mass is 10.2. The SMILES string of the molecule is CCOC(=O)Cc1nc(-c2ccc(F)cc2Cl)no1. The number of carbonyl (C=O) groups is 1. The lowest BCUT2D eigenvalue weighted by Crippen LogP contribution is -2.07. The van der Waals surface area contributed by atoms with Crippen LogP contribution in [0.4, 0.5) is 4.39 Å². The highest BCUT2D eigenvalue weighted by atomic mass is 35.5. The smallest absolute Gasteiger partial charge is 0.315 e. The van der Waals surface area contributed by atoms with Gasteiger partial charge in [0.05, 0.1) is 11.6 Å². The molecule has 5 nitrogen and oxygen atoms in total. The molecule has 0 atom stereocenters. The second-order valence-electron chi connectivity index (χ2n) is 3.62. The van der Waals surface area contributed by atoms with Crippen LogP contribution >= 0.6 is 11.6 Å². The van der Waals surface area contributed by atoms with Gasteiger partial charge >= 0.3 is 5.97 Å². The lowest BCUT2D eigenvalue weighted by Gasteiger charge is -1.98. The molecule has 100 valence electrons. The average Bonchev–Trinajstić information content (AvgIpc) is 2.77. The summed E-state index contributed by atoms with van der Waals surface area (Å²) in [5, 5.41) is 3.86. The summed E-state index contributed by atoms with van der Waals surface area (Å²) in [6.45, 7) is 1.99. The number of aromatic nitrogens is 2. The fourth-order valence-electron chi connectivity index (χ4n) is 1.44. The monoisotopic (exact) mass is 284 g/mol. The zero-order valence-electron chi connectivity index (χ0n) is 10.0. The van der Waals surface area contributed by atoms with E-state index < -0.39 is 11.8 Å². The van der Waals surface area contributed by atoms with Crippen LogP contribution in [0.25, 0.3) is 11.4 Å². The van der Waals surface area contributed by atoms with Gasteiger partial charge < -0.3 is 9.26 Å². The number of carbonyl (C=O) groups excluding carboxylic acids is 1. The summed E-state index contributed by atoms with van der Waals surface area (Å²) in [6.07, 6.45) is -0.111. The molecule has 0 bridgehead atoms. The summed E-state index contributed by atoms with van der Waals surface area (Å²) in [5.74, 6) is -0.593. The first-order chi connectivity index (χ1) is 9.10. The molecule has 1 aromatic carbocycles. The van der Waals surface area contributed by atoms with Gasteiger partial charge in [0.25, 0.3) is 0 Å². The number of hydrogen-bond donors (Lipinski definition) is 0. The molecule has 0 amide bonds. The Kier molecular flexibility index (Phi) is 4.11. The van der Waals surface area contributed by atoms with Crippen molar-refractivity contribution in [2.45, 2.75) is 13.3 Å². The summed E-state index contributed by atoms with van der Waals surface area (Å²) in [6, 6.07) is 3.83. The van der Waals surface area contributed by atoms with E-state index in [0.717, 1.165) is 6.07 Å². The zero-order chi connectivity index (χ0) is 13.8. The van der Waals surface area contributed by atoms with Gasteiger partial charge in [-0.25, -0.2) is 4.39 Å². The molecule has 0 saturated carbocycles. The van der Waals surface area contributed by atoms with Gasteiger partial charge in [0.2, 0.25) is 11.7 Å². The first kappa shape index (κ1) is 13.5. The van der Waals surface area contributed by atoms with Crippen LogP contribution in [-0.2, 0) is 16.0 Å². The molecule has 1 heterocycles. The second kappa shape index (κ2) is 5.79. The fraction of sp³-hybridized carbons (Fsp3) is 0.250. The number of nitrogens with zero attached hydrogens (tertiary/aromatic N) is 2. The Balaban J connectivity index is 2.18. The molecule has 19 heavy (non-hydrogen) atoms. The maximum atomic E-state index is 12.9. The molecule has 0 aliphatic heterocycles. The van der Waals surface area contributed by atoms with Gasteiger partial charge in [-0.05, 0) is 25.1 Å². The normalized spacial score (nSPS) is 10.5. The quantitative estimate of drug-likeness (QED) is 0.808. The average molecular weight is 285 g/mol. The molecule has 0 saturated heterocycles. The Labute approximate surface area is 113 Å². The van der Waals surface area contributed by atoms with Gasteiger partial charge in [-0.3, -0.25) is 4.79 Å². The van der Waals surface area contributed by atoms with Crippen LogP contribution in [0.2, 0.25) is 5.02 Å². The van der Waals surface area contributed by atoms with Crippen LogP contribution in [0.1, 0.15) is 12.8 Å². The number of halogens is 2. The standard InChI is InChI=1S/C12H10ClFN2O3/c1-2-18-11(17)6-10-15-12(16-19-10)8-4-3-7(14)5-9(8)13/h3-5H,2,6H2,1H3. The molecule has 0 radical (unpaired) electrons. The van der Waals surface area contributed by atoms with Crippen molar-refractivity contribution in [1.82, 2.24) is 10.1 Å². The number of rotatable bonds is 4. The van der Waals surface area contributed by atoms with E-state index in [-0.39, 0.29) is 29.8 Å². The van der Waals surface area contributed by atoms with E-state index in [1.165, 1.54) is 12.1 Å². The molecule has 0 spiro atoms. The fourth-order valence-corrected chi connectivity index (χ4v) is 1.69. The van der Waals surface area contributed by atoms with Crippen molar-refractivity contribution < 1.29 is 18.4 Å². The summed E-state index contributed by atoms with van der Waals surface area (Å²) in [5.41, 5.74) is 0.432. The molecule has 0 aliphatic carbocycles. The van der Waals surface area contributed by atoms with Gasteiger partial charge in [-0.2, -0.15) is 4.98 Å². The van der Waals surface area contributed by atoms with Gasteiger partial charge in [0, 0.05) is 5.56 Å². The molecular formula is C12H10ClFN2O3.